The van der Waals surface area contributed by atoms with E-state index in [1.807, 2.05) is 30.3 Å². The Morgan fingerprint density at radius 1 is 1.07 bits per heavy atom. The molecule has 0 spiro atoms. The SMILES string of the molecule is O=C(Cc1ccc(CNC(=O)CNc2nc3ccc(Br)cc3s2)cc1)NO. The number of aromatic nitrogens is 1. The number of carbonyl (C=O) groups is 2. The molecule has 27 heavy (non-hydrogen) atoms. The van der Waals surface area contributed by atoms with E-state index in [1.54, 1.807) is 17.6 Å². The zero-order chi connectivity index (χ0) is 19.2. The van der Waals surface area contributed by atoms with Gasteiger partial charge < -0.3 is 10.6 Å². The lowest BCUT2D eigenvalue weighted by molar-refractivity contribution is -0.128. The van der Waals surface area contributed by atoms with Crippen LogP contribution in [0.15, 0.2) is 46.9 Å². The molecule has 2 aromatic carbocycles. The van der Waals surface area contributed by atoms with E-state index in [2.05, 4.69) is 31.5 Å². The van der Waals surface area contributed by atoms with Crippen LogP contribution in [-0.4, -0.2) is 28.6 Å². The highest BCUT2D eigenvalue weighted by Crippen LogP contribution is 2.28. The maximum atomic E-state index is 12.0. The molecule has 1 aromatic heterocycles. The molecule has 140 valence electrons. The van der Waals surface area contributed by atoms with Gasteiger partial charge in [0.25, 0.3) is 0 Å². The number of hydroxylamine groups is 1. The van der Waals surface area contributed by atoms with E-state index >= 15 is 0 Å². The van der Waals surface area contributed by atoms with Crippen molar-refractivity contribution in [2.75, 3.05) is 11.9 Å². The molecule has 0 fully saturated rings. The third-order valence-electron chi connectivity index (χ3n) is 3.75. The Balaban J connectivity index is 1.47. The van der Waals surface area contributed by atoms with E-state index in [0.29, 0.717) is 11.7 Å². The lowest BCUT2D eigenvalue weighted by atomic mass is 10.1. The van der Waals surface area contributed by atoms with Crippen molar-refractivity contribution < 1.29 is 14.8 Å². The fraction of sp³-hybridized carbons (Fsp3) is 0.167. The molecule has 9 heteroatoms. The maximum Gasteiger partial charge on any atom is 0.247 e. The summed E-state index contributed by atoms with van der Waals surface area (Å²) < 4.78 is 2.04. The van der Waals surface area contributed by atoms with E-state index in [-0.39, 0.29) is 18.9 Å². The minimum Gasteiger partial charge on any atom is -0.352 e. The van der Waals surface area contributed by atoms with Crippen LogP contribution in [0.5, 0.6) is 0 Å². The smallest absolute Gasteiger partial charge is 0.247 e. The number of anilines is 1. The summed E-state index contributed by atoms with van der Waals surface area (Å²) in [7, 11) is 0. The molecule has 0 aliphatic rings. The first-order chi connectivity index (χ1) is 13.0. The molecule has 1 heterocycles. The van der Waals surface area contributed by atoms with Crippen molar-refractivity contribution in [2.24, 2.45) is 0 Å². The van der Waals surface area contributed by atoms with Crippen molar-refractivity contribution in [1.29, 1.82) is 0 Å². The number of nitrogens with one attached hydrogen (secondary N) is 3. The van der Waals surface area contributed by atoms with Gasteiger partial charge in [-0.25, -0.2) is 10.5 Å². The van der Waals surface area contributed by atoms with Gasteiger partial charge >= 0.3 is 0 Å². The summed E-state index contributed by atoms with van der Waals surface area (Å²) in [4.78, 5) is 27.6. The molecule has 0 saturated carbocycles. The van der Waals surface area contributed by atoms with Crippen LogP contribution >= 0.6 is 27.3 Å². The number of hydrogen-bond acceptors (Lipinski definition) is 6. The average Bonchev–Trinajstić information content (AvgIpc) is 3.07. The molecule has 0 atom stereocenters. The van der Waals surface area contributed by atoms with Gasteiger partial charge in [-0.1, -0.05) is 51.5 Å². The molecule has 3 aromatic rings. The molecule has 7 nitrogen and oxygen atoms in total. The molecular formula is C18H17BrN4O3S. The largest absolute Gasteiger partial charge is 0.352 e. The van der Waals surface area contributed by atoms with Gasteiger partial charge in [0.15, 0.2) is 5.13 Å². The normalized spacial score (nSPS) is 10.6. The standard InChI is InChI=1S/C18H17BrN4O3S/c19-13-5-6-14-15(8-13)27-18(22-14)21-10-17(25)20-9-12-3-1-11(2-4-12)7-16(24)23-26/h1-6,8,26H,7,9-10H2,(H,20,25)(H,21,22)(H,23,24). The summed E-state index contributed by atoms with van der Waals surface area (Å²) in [6.45, 7) is 0.523. The lowest BCUT2D eigenvalue weighted by Crippen LogP contribution is -2.29. The molecule has 0 unspecified atom stereocenters. The number of amides is 2. The number of nitrogens with zero attached hydrogens (tertiary/aromatic N) is 1. The molecule has 4 N–H and O–H groups in total. The first-order valence-electron chi connectivity index (χ1n) is 8.11. The fourth-order valence-electron chi connectivity index (χ4n) is 2.39. The zero-order valence-corrected chi connectivity index (χ0v) is 16.6. The van der Waals surface area contributed by atoms with Crippen LogP contribution in [0.4, 0.5) is 5.13 Å². The number of rotatable bonds is 7. The number of halogens is 1. The molecule has 3 rings (SSSR count). The van der Waals surface area contributed by atoms with E-state index in [9.17, 15) is 9.59 Å². The molecule has 0 saturated heterocycles. The quantitative estimate of drug-likeness (QED) is 0.328. The van der Waals surface area contributed by atoms with Crippen molar-refractivity contribution in [3.8, 4) is 0 Å². The molecule has 2 amide bonds. The van der Waals surface area contributed by atoms with Crippen LogP contribution in [0.25, 0.3) is 10.2 Å². The first kappa shape index (κ1) is 19.3. The summed E-state index contributed by atoms with van der Waals surface area (Å²) in [5.74, 6) is -0.608. The Kier molecular flexibility index (Phi) is 6.38. The highest BCUT2D eigenvalue weighted by Gasteiger charge is 2.07. The fourth-order valence-corrected chi connectivity index (χ4v) is 3.81. The Labute approximate surface area is 167 Å². The minimum absolute atomic E-state index is 0.103. The van der Waals surface area contributed by atoms with Gasteiger partial charge in [0.05, 0.1) is 23.2 Å². The number of carbonyl (C=O) groups excluding carboxylic acids is 2. The van der Waals surface area contributed by atoms with Crippen molar-refractivity contribution >= 4 is 54.4 Å². The van der Waals surface area contributed by atoms with Crippen molar-refractivity contribution in [3.05, 3.63) is 58.1 Å². The van der Waals surface area contributed by atoms with Crippen molar-refractivity contribution in [3.63, 3.8) is 0 Å². The average molecular weight is 449 g/mol. The number of hydrogen-bond donors (Lipinski definition) is 4. The van der Waals surface area contributed by atoms with Gasteiger partial charge in [-0.15, -0.1) is 0 Å². The van der Waals surface area contributed by atoms with Crippen molar-refractivity contribution in [1.82, 2.24) is 15.8 Å². The van der Waals surface area contributed by atoms with Gasteiger partial charge in [-0.3, -0.25) is 14.8 Å². The molecule has 0 aliphatic heterocycles. The lowest BCUT2D eigenvalue weighted by Gasteiger charge is -2.07. The van der Waals surface area contributed by atoms with Crippen LogP contribution in [-0.2, 0) is 22.6 Å². The monoisotopic (exact) mass is 448 g/mol. The number of fused-ring (bicyclic) bond motifs is 1. The van der Waals surface area contributed by atoms with E-state index in [1.165, 1.54) is 11.3 Å². The van der Waals surface area contributed by atoms with Crippen LogP contribution in [0.2, 0.25) is 0 Å². The highest BCUT2D eigenvalue weighted by atomic mass is 79.9. The Bertz CT molecular complexity index is 959. The molecule has 0 radical (unpaired) electrons. The van der Waals surface area contributed by atoms with Gasteiger partial charge in [-0.05, 0) is 29.3 Å². The topological polar surface area (TPSA) is 103 Å². The second kappa shape index (κ2) is 8.94. The molecule has 0 aliphatic carbocycles. The third-order valence-corrected chi connectivity index (χ3v) is 5.22. The van der Waals surface area contributed by atoms with Crippen molar-refractivity contribution in [2.45, 2.75) is 13.0 Å². The van der Waals surface area contributed by atoms with Gasteiger partial charge in [-0.2, -0.15) is 0 Å². The zero-order valence-electron chi connectivity index (χ0n) is 14.2. The first-order valence-corrected chi connectivity index (χ1v) is 9.72. The second-order valence-corrected chi connectivity index (χ2v) is 7.74. The van der Waals surface area contributed by atoms with Gasteiger partial charge in [0.2, 0.25) is 11.8 Å². The minimum atomic E-state index is -0.468. The summed E-state index contributed by atoms with van der Waals surface area (Å²) in [5, 5.41) is 15.1. The van der Waals surface area contributed by atoms with Crippen LogP contribution in [0.3, 0.4) is 0 Å². The summed E-state index contributed by atoms with van der Waals surface area (Å²) in [6, 6.07) is 13.1. The summed E-state index contributed by atoms with van der Waals surface area (Å²) >= 11 is 4.92. The van der Waals surface area contributed by atoms with E-state index in [0.717, 1.165) is 25.8 Å². The highest BCUT2D eigenvalue weighted by molar-refractivity contribution is 9.10. The number of thiazole rings is 1. The number of benzene rings is 2. The Morgan fingerprint density at radius 3 is 2.56 bits per heavy atom. The maximum absolute atomic E-state index is 12.0. The predicted octanol–water partition coefficient (Wildman–Crippen LogP) is 2.83. The third kappa shape index (κ3) is 5.49. The van der Waals surface area contributed by atoms with E-state index < -0.39 is 5.91 Å². The Hall–Kier alpha value is -2.49. The van der Waals surface area contributed by atoms with Crippen LogP contribution in [0, 0.1) is 0 Å². The summed E-state index contributed by atoms with van der Waals surface area (Å²) in [6.07, 6.45) is 0.103. The summed E-state index contributed by atoms with van der Waals surface area (Å²) in [5.41, 5.74) is 4.18. The van der Waals surface area contributed by atoms with Crippen LogP contribution in [0.1, 0.15) is 11.1 Å². The second-order valence-electron chi connectivity index (χ2n) is 5.79. The predicted molar refractivity (Wildman–Crippen MR) is 108 cm³/mol. The Morgan fingerprint density at radius 2 is 1.81 bits per heavy atom. The van der Waals surface area contributed by atoms with Gasteiger partial charge in [0, 0.05) is 11.0 Å². The van der Waals surface area contributed by atoms with Crippen LogP contribution < -0.4 is 16.1 Å². The van der Waals surface area contributed by atoms with Gasteiger partial charge in [0.1, 0.15) is 0 Å². The molecule has 0 bridgehead atoms. The van der Waals surface area contributed by atoms with E-state index in [4.69, 9.17) is 5.21 Å². The molecular weight excluding hydrogens is 432 g/mol.